The average molecular weight is 517 g/mol. The highest BCUT2D eigenvalue weighted by molar-refractivity contribution is 14.0. The van der Waals surface area contributed by atoms with Crippen molar-refractivity contribution in [3.8, 4) is 5.75 Å². The van der Waals surface area contributed by atoms with Crippen LogP contribution in [-0.2, 0) is 16.4 Å². The SMILES string of the molecule is CCNC(=NCc1ccc(S(C)(=O)=O)cc1)N(C)CCOc1ccccc1.I. The van der Waals surface area contributed by atoms with Crippen molar-refractivity contribution in [1.29, 1.82) is 0 Å². The molecular weight excluding hydrogens is 489 g/mol. The number of guanidine groups is 1. The molecule has 0 aliphatic carbocycles. The Bertz CT molecular complexity index is 841. The lowest BCUT2D eigenvalue weighted by molar-refractivity contribution is 0.281. The third-order valence-corrected chi connectivity index (χ3v) is 5.03. The molecule has 0 aromatic heterocycles. The van der Waals surface area contributed by atoms with Crippen molar-refractivity contribution in [2.24, 2.45) is 4.99 Å². The molecule has 2 rings (SSSR count). The molecule has 0 spiro atoms. The van der Waals surface area contributed by atoms with E-state index in [0.29, 0.717) is 24.6 Å². The first-order valence-corrected chi connectivity index (χ1v) is 10.8. The molecule has 0 unspecified atom stereocenters. The van der Waals surface area contributed by atoms with Gasteiger partial charge in [0.2, 0.25) is 0 Å². The van der Waals surface area contributed by atoms with Crippen LogP contribution in [0.3, 0.4) is 0 Å². The third kappa shape index (κ3) is 8.05. The van der Waals surface area contributed by atoms with Gasteiger partial charge in [-0.15, -0.1) is 24.0 Å². The lowest BCUT2D eigenvalue weighted by Crippen LogP contribution is -2.40. The Morgan fingerprint density at radius 1 is 1.11 bits per heavy atom. The van der Waals surface area contributed by atoms with Crippen LogP contribution < -0.4 is 10.1 Å². The highest BCUT2D eigenvalue weighted by atomic mass is 127. The first-order valence-electron chi connectivity index (χ1n) is 8.86. The lowest BCUT2D eigenvalue weighted by Gasteiger charge is -2.22. The molecule has 2 aromatic rings. The van der Waals surface area contributed by atoms with Crippen molar-refractivity contribution in [2.45, 2.75) is 18.4 Å². The first kappa shape index (κ1) is 24.2. The van der Waals surface area contributed by atoms with Crippen LogP contribution >= 0.6 is 24.0 Å². The molecular formula is C20H28IN3O3S. The number of para-hydroxylation sites is 1. The Labute approximate surface area is 184 Å². The van der Waals surface area contributed by atoms with E-state index in [1.807, 2.05) is 49.2 Å². The van der Waals surface area contributed by atoms with E-state index in [9.17, 15) is 8.42 Å². The van der Waals surface area contributed by atoms with Crippen molar-refractivity contribution in [3.05, 3.63) is 60.2 Å². The molecule has 0 atom stereocenters. The number of halogens is 1. The Hall–Kier alpha value is -1.81. The van der Waals surface area contributed by atoms with Gasteiger partial charge >= 0.3 is 0 Å². The fraction of sp³-hybridized carbons (Fsp3) is 0.350. The van der Waals surface area contributed by atoms with Crippen molar-refractivity contribution in [3.63, 3.8) is 0 Å². The van der Waals surface area contributed by atoms with E-state index in [0.717, 1.165) is 23.8 Å². The van der Waals surface area contributed by atoms with Crippen molar-refractivity contribution >= 4 is 39.8 Å². The van der Waals surface area contributed by atoms with Crippen molar-refractivity contribution in [2.75, 3.05) is 33.0 Å². The van der Waals surface area contributed by atoms with E-state index in [-0.39, 0.29) is 24.0 Å². The summed E-state index contributed by atoms with van der Waals surface area (Å²) in [5, 5.41) is 3.26. The summed E-state index contributed by atoms with van der Waals surface area (Å²) in [6.45, 7) is 4.48. The van der Waals surface area contributed by atoms with Gasteiger partial charge in [-0.05, 0) is 36.8 Å². The molecule has 0 aliphatic heterocycles. The number of hydrogen-bond acceptors (Lipinski definition) is 4. The topological polar surface area (TPSA) is 71.0 Å². The zero-order valence-electron chi connectivity index (χ0n) is 16.5. The largest absolute Gasteiger partial charge is 0.492 e. The average Bonchev–Trinajstić information content (AvgIpc) is 2.65. The van der Waals surface area contributed by atoms with Gasteiger partial charge in [0.05, 0.1) is 18.0 Å². The number of aliphatic imine (C=N–C) groups is 1. The van der Waals surface area contributed by atoms with Gasteiger partial charge in [0.25, 0.3) is 0 Å². The maximum absolute atomic E-state index is 11.5. The summed E-state index contributed by atoms with van der Waals surface area (Å²) in [7, 11) is -1.22. The summed E-state index contributed by atoms with van der Waals surface area (Å²) in [4.78, 5) is 6.96. The fourth-order valence-electron chi connectivity index (χ4n) is 2.40. The van der Waals surface area contributed by atoms with Gasteiger partial charge in [0.15, 0.2) is 15.8 Å². The number of hydrogen-bond donors (Lipinski definition) is 1. The van der Waals surface area contributed by atoms with Gasteiger partial charge in [-0.25, -0.2) is 13.4 Å². The molecule has 0 amide bonds. The predicted octanol–water partition coefficient (Wildman–Crippen LogP) is 3.18. The summed E-state index contributed by atoms with van der Waals surface area (Å²) >= 11 is 0. The fourth-order valence-corrected chi connectivity index (χ4v) is 3.03. The number of sulfone groups is 1. The van der Waals surface area contributed by atoms with Crippen molar-refractivity contribution < 1.29 is 13.2 Å². The molecule has 8 heteroatoms. The van der Waals surface area contributed by atoms with Crippen molar-refractivity contribution in [1.82, 2.24) is 10.2 Å². The van der Waals surface area contributed by atoms with Gasteiger partial charge in [-0.3, -0.25) is 0 Å². The minimum Gasteiger partial charge on any atom is -0.492 e. The number of likely N-dealkylation sites (N-methyl/N-ethyl adjacent to an activating group) is 1. The zero-order valence-corrected chi connectivity index (χ0v) is 19.6. The predicted molar refractivity (Wildman–Crippen MR) is 124 cm³/mol. The molecule has 0 fully saturated rings. The highest BCUT2D eigenvalue weighted by Crippen LogP contribution is 2.11. The van der Waals surface area contributed by atoms with Crippen LogP contribution in [0.1, 0.15) is 12.5 Å². The molecule has 1 N–H and O–H groups in total. The summed E-state index contributed by atoms with van der Waals surface area (Å²) < 4.78 is 28.8. The van der Waals surface area contributed by atoms with Gasteiger partial charge in [0.1, 0.15) is 12.4 Å². The smallest absolute Gasteiger partial charge is 0.194 e. The maximum Gasteiger partial charge on any atom is 0.194 e. The molecule has 154 valence electrons. The summed E-state index contributed by atoms with van der Waals surface area (Å²) in [6, 6.07) is 16.5. The van der Waals surface area contributed by atoms with Crippen LogP contribution in [0.25, 0.3) is 0 Å². The molecule has 6 nitrogen and oxygen atoms in total. The maximum atomic E-state index is 11.5. The van der Waals surface area contributed by atoms with Crippen LogP contribution in [0.15, 0.2) is 64.5 Å². The van der Waals surface area contributed by atoms with Gasteiger partial charge in [-0.1, -0.05) is 30.3 Å². The van der Waals surface area contributed by atoms with Gasteiger partial charge < -0.3 is 15.0 Å². The van der Waals surface area contributed by atoms with Crippen LogP contribution in [0.2, 0.25) is 0 Å². The second-order valence-corrected chi connectivity index (χ2v) is 8.19. The Morgan fingerprint density at radius 3 is 2.32 bits per heavy atom. The van der Waals surface area contributed by atoms with E-state index in [4.69, 9.17) is 4.74 Å². The monoisotopic (exact) mass is 517 g/mol. The highest BCUT2D eigenvalue weighted by Gasteiger charge is 2.08. The lowest BCUT2D eigenvalue weighted by atomic mass is 10.2. The van der Waals surface area contributed by atoms with Crippen LogP contribution in [0.4, 0.5) is 0 Å². The second-order valence-electron chi connectivity index (χ2n) is 6.17. The number of nitrogens with zero attached hydrogens (tertiary/aromatic N) is 2. The summed E-state index contributed by atoms with van der Waals surface area (Å²) in [5.41, 5.74) is 0.951. The quantitative estimate of drug-likeness (QED) is 0.331. The Morgan fingerprint density at radius 2 is 1.75 bits per heavy atom. The standard InChI is InChI=1S/C20H27N3O3S.HI/c1-4-21-20(23(2)14-15-26-18-8-6-5-7-9-18)22-16-17-10-12-19(13-11-17)27(3,24)25;/h5-13H,4,14-16H2,1-3H3,(H,21,22);1H. The zero-order chi connectivity index (χ0) is 19.7. The molecule has 0 saturated heterocycles. The first-order chi connectivity index (χ1) is 12.9. The van der Waals surface area contributed by atoms with Crippen LogP contribution in [0.5, 0.6) is 5.75 Å². The normalized spacial score (nSPS) is 11.5. The minimum absolute atomic E-state index is 0. The Balaban J connectivity index is 0.00000392. The van der Waals surface area contributed by atoms with E-state index < -0.39 is 9.84 Å². The molecule has 2 aromatic carbocycles. The minimum atomic E-state index is -3.18. The summed E-state index contributed by atoms with van der Waals surface area (Å²) in [6.07, 6.45) is 1.20. The van der Waals surface area contributed by atoms with E-state index >= 15 is 0 Å². The van der Waals surface area contributed by atoms with Crippen LogP contribution in [0, 0.1) is 0 Å². The molecule has 0 radical (unpaired) electrons. The van der Waals surface area contributed by atoms with E-state index in [1.165, 1.54) is 6.26 Å². The number of benzene rings is 2. The van der Waals surface area contributed by atoms with Crippen LogP contribution in [-0.4, -0.2) is 52.3 Å². The number of rotatable bonds is 8. The molecule has 0 heterocycles. The van der Waals surface area contributed by atoms with E-state index in [1.54, 1.807) is 24.3 Å². The second kappa shape index (κ2) is 11.9. The summed E-state index contributed by atoms with van der Waals surface area (Å²) in [5.74, 6) is 1.63. The number of nitrogens with one attached hydrogen (secondary N) is 1. The third-order valence-electron chi connectivity index (χ3n) is 3.90. The van der Waals surface area contributed by atoms with Gasteiger partial charge in [-0.2, -0.15) is 0 Å². The molecule has 0 aliphatic rings. The molecule has 0 bridgehead atoms. The number of ether oxygens (including phenoxy) is 1. The molecule has 0 saturated carbocycles. The Kier molecular flexibility index (Phi) is 10.3. The van der Waals surface area contributed by atoms with Gasteiger partial charge in [0, 0.05) is 19.8 Å². The van der Waals surface area contributed by atoms with E-state index in [2.05, 4.69) is 10.3 Å². The molecule has 28 heavy (non-hydrogen) atoms.